The van der Waals surface area contributed by atoms with Crippen molar-refractivity contribution in [2.24, 2.45) is 5.92 Å². The van der Waals surface area contributed by atoms with Gasteiger partial charge >= 0.3 is 5.97 Å². The molecular weight excluding hydrogens is 214 g/mol. The highest BCUT2D eigenvalue weighted by atomic mass is 16.5. The highest BCUT2D eigenvalue weighted by molar-refractivity contribution is 5.71. The zero-order valence-corrected chi connectivity index (χ0v) is 11.0. The van der Waals surface area contributed by atoms with Crippen molar-refractivity contribution in [3.8, 4) is 0 Å². The summed E-state index contributed by atoms with van der Waals surface area (Å²) < 4.78 is 5.06. The SMILES string of the molecule is CCOC(=O)CN(CC1CCCCC1)C1CC1. The summed E-state index contributed by atoms with van der Waals surface area (Å²) in [5.74, 6) is 0.772. The normalized spacial score (nSPS) is 21.8. The first-order valence-electron chi connectivity index (χ1n) is 7.19. The first-order valence-corrected chi connectivity index (χ1v) is 7.19. The number of hydrogen-bond acceptors (Lipinski definition) is 3. The van der Waals surface area contributed by atoms with E-state index in [0.29, 0.717) is 19.2 Å². The second-order valence-electron chi connectivity index (χ2n) is 5.47. The van der Waals surface area contributed by atoms with Crippen molar-refractivity contribution in [2.75, 3.05) is 19.7 Å². The van der Waals surface area contributed by atoms with Gasteiger partial charge in [-0.1, -0.05) is 19.3 Å². The molecule has 2 aliphatic rings. The maximum Gasteiger partial charge on any atom is 0.320 e. The second kappa shape index (κ2) is 6.39. The highest BCUT2D eigenvalue weighted by Crippen LogP contribution is 2.31. The summed E-state index contributed by atoms with van der Waals surface area (Å²) >= 11 is 0. The largest absolute Gasteiger partial charge is 0.465 e. The molecule has 17 heavy (non-hydrogen) atoms. The number of carbonyl (C=O) groups is 1. The van der Waals surface area contributed by atoms with Crippen molar-refractivity contribution in [3.63, 3.8) is 0 Å². The first-order chi connectivity index (χ1) is 8.29. The second-order valence-corrected chi connectivity index (χ2v) is 5.47. The number of hydrogen-bond donors (Lipinski definition) is 0. The molecule has 0 heterocycles. The van der Waals surface area contributed by atoms with Gasteiger partial charge in [0.1, 0.15) is 0 Å². The van der Waals surface area contributed by atoms with E-state index in [-0.39, 0.29) is 5.97 Å². The van der Waals surface area contributed by atoms with Crippen molar-refractivity contribution in [2.45, 2.75) is 57.9 Å². The fourth-order valence-electron chi connectivity index (χ4n) is 2.86. The Balaban J connectivity index is 1.77. The topological polar surface area (TPSA) is 29.5 Å². The molecule has 2 aliphatic carbocycles. The molecule has 0 aromatic heterocycles. The summed E-state index contributed by atoms with van der Waals surface area (Å²) in [4.78, 5) is 13.9. The van der Waals surface area contributed by atoms with Crippen LogP contribution in [0.25, 0.3) is 0 Å². The molecular formula is C14H25NO2. The van der Waals surface area contributed by atoms with E-state index in [1.165, 1.54) is 44.9 Å². The Hall–Kier alpha value is -0.570. The van der Waals surface area contributed by atoms with Crippen LogP contribution in [0.1, 0.15) is 51.9 Å². The molecule has 0 aromatic carbocycles. The Morgan fingerprint density at radius 1 is 1.18 bits per heavy atom. The van der Waals surface area contributed by atoms with E-state index in [2.05, 4.69) is 4.90 Å². The van der Waals surface area contributed by atoms with Gasteiger partial charge in [0.15, 0.2) is 0 Å². The quantitative estimate of drug-likeness (QED) is 0.667. The molecule has 2 rings (SSSR count). The lowest BCUT2D eigenvalue weighted by atomic mass is 9.89. The van der Waals surface area contributed by atoms with E-state index in [0.717, 1.165) is 12.5 Å². The molecule has 0 unspecified atom stereocenters. The van der Waals surface area contributed by atoms with Gasteiger partial charge in [-0.05, 0) is 38.5 Å². The van der Waals surface area contributed by atoms with E-state index in [9.17, 15) is 4.79 Å². The lowest BCUT2D eigenvalue weighted by Crippen LogP contribution is -2.37. The van der Waals surface area contributed by atoms with Crippen molar-refractivity contribution in [1.82, 2.24) is 4.90 Å². The van der Waals surface area contributed by atoms with Crippen LogP contribution in [0.4, 0.5) is 0 Å². The molecule has 98 valence electrons. The fourth-order valence-corrected chi connectivity index (χ4v) is 2.86. The zero-order valence-electron chi connectivity index (χ0n) is 11.0. The standard InChI is InChI=1S/C14H25NO2/c1-2-17-14(16)11-15(13-8-9-13)10-12-6-4-3-5-7-12/h12-13H,2-11H2,1H3. The number of carbonyl (C=O) groups excluding carboxylic acids is 1. The van der Waals surface area contributed by atoms with Crippen molar-refractivity contribution in [1.29, 1.82) is 0 Å². The smallest absolute Gasteiger partial charge is 0.320 e. The Morgan fingerprint density at radius 3 is 2.47 bits per heavy atom. The van der Waals surface area contributed by atoms with Gasteiger partial charge in [0.25, 0.3) is 0 Å². The summed E-state index contributed by atoms with van der Waals surface area (Å²) in [6.45, 7) is 4.00. The molecule has 0 bridgehead atoms. The Morgan fingerprint density at radius 2 is 1.88 bits per heavy atom. The summed E-state index contributed by atoms with van der Waals surface area (Å²) in [7, 11) is 0. The molecule has 2 saturated carbocycles. The maximum atomic E-state index is 11.6. The Bertz CT molecular complexity index is 245. The van der Waals surface area contributed by atoms with Crippen LogP contribution in [0.2, 0.25) is 0 Å². The van der Waals surface area contributed by atoms with Crippen LogP contribution < -0.4 is 0 Å². The van der Waals surface area contributed by atoms with E-state index < -0.39 is 0 Å². The summed E-state index contributed by atoms with van der Waals surface area (Å²) in [6, 6.07) is 0.668. The van der Waals surface area contributed by atoms with E-state index in [1.807, 2.05) is 6.92 Å². The minimum Gasteiger partial charge on any atom is -0.465 e. The maximum absolute atomic E-state index is 11.6. The predicted octanol–water partition coefficient (Wildman–Crippen LogP) is 2.59. The van der Waals surface area contributed by atoms with Crippen LogP contribution >= 0.6 is 0 Å². The molecule has 3 nitrogen and oxygen atoms in total. The highest BCUT2D eigenvalue weighted by Gasteiger charge is 2.32. The van der Waals surface area contributed by atoms with E-state index in [4.69, 9.17) is 4.74 Å². The third-order valence-corrected chi connectivity index (χ3v) is 3.92. The van der Waals surface area contributed by atoms with Crippen LogP contribution in [0.3, 0.4) is 0 Å². The lowest BCUT2D eigenvalue weighted by Gasteiger charge is -2.29. The lowest BCUT2D eigenvalue weighted by molar-refractivity contribution is -0.144. The first kappa shape index (κ1) is 12.9. The minimum atomic E-state index is -0.0461. The molecule has 0 N–H and O–H groups in total. The van der Waals surface area contributed by atoms with Gasteiger partial charge in [-0.15, -0.1) is 0 Å². The van der Waals surface area contributed by atoms with E-state index >= 15 is 0 Å². The van der Waals surface area contributed by atoms with Crippen LogP contribution in [-0.2, 0) is 9.53 Å². The van der Waals surface area contributed by atoms with Gasteiger partial charge in [0.2, 0.25) is 0 Å². The van der Waals surface area contributed by atoms with Crippen LogP contribution in [0.15, 0.2) is 0 Å². The van der Waals surface area contributed by atoms with E-state index in [1.54, 1.807) is 0 Å². The van der Waals surface area contributed by atoms with Crippen LogP contribution in [-0.4, -0.2) is 36.6 Å². The van der Waals surface area contributed by atoms with Gasteiger partial charge in [-0.25, -0.2) is 0 Å². The zero-order chi connectivity index (χ0) is 12.1. The summed E-state index contributed by atoms with van der Waals surface area (Å²) in [5.41, 5.74) is 0. The van der Waals surface area contributed by atoms with Gasteiger partial charge in [0.05, 0.1) is 13.2 Å². The fraction of sp³-hybridized carbons (Fsp3) is 0.929. The van der Waals surface area contributed by atoms with Crippen LogP contribution in [0.5, 0.6) is 0 Å². The molecule has 0 aromatic rings. The van der Waals surface area contributed by atoms with Gasteiger partial charge in [0, 0.05) is 12.6 Å². The summed E-state index contributed by atoms with van der Waals surface area (Å²) in [5, 5.41) is 0. The Labute approximate surface area is 105 Å². The number of ether oxygens (including phenoxy) is 1. The number of nitrogens with zero attached hydrogens (tertiary/aromatic N) is 1. The molecule has 0 amide bonds. The van der Waals surface area contributed by atoms with Gasteiger partial charge < -0.3 is 4.74 Å². The van der Waals surface area contributed by atoms with Gasteiger partial charge in [-0.3, -0.25) is 9.69 Å². The Kier molecular flexibility index (Phi) is 4.84. The van der Waals surface area contributed by atoms with Crippen molar-refractivity contribution < 1.29 is 9.53 Å². The molecule has 3 heteroatoms. The van der Waals surface area contributed by atoms with Crippen LogP contribution in [0, 0.1) is 5.92 Å². The molecule has 0 radical (unpaired) electrons. The molecule has 2 fully saturated rings. The third-order valence-electron chi connectivity index (χ3n) is 3.92. The molecule has 0 spiro atoms. The molecule has 0 aliphatic heterocycles. The van der Waals surface area contributed by atoms with Crippen molar-refractivity contribution in [3.05, 3.63) is 0 Å². The minimum absolute atomic E-state index is 0.0461. The molecule has 0 saturated heterocycles. The average molecular weight is 239 g/mol. The number of esters is 1. The third kappa shape index (κ3) is 4.30. The molecule has 0 atom stereocenters. The summed E-state index contributed by atoms with van der Waals surface area (Å²) in [6.07, 6.45) is 9.40. The monoisotopic (exact) mass is 239 g/mol. The predicted molar refractivity (Wildman–Crippen MR) is 67.8 cm³/mol. The number of rotatable bonds is 6. The van der Waals surface area contributed by atoms with Gasteiger partial charge in [-0.2, -0.15) is 0 Å². The van der Waals surface area contributed by atoms with Crippen molar-refractivity contribution >= 4 is 5.97 Å². The average Bonchev–Trinajstić information content (AvgIpc) is 3.14.